The summed E-state index contributed by atoms with van der Waals surface area (Å²) in [5, 5.41) is 3.45. The van der Waals surface area contributed by atoms with Crippen molar-refractivity contribution in [2.75, 3.05) is 26.7 Å². The number of likely N-dealkylation sites (tertiary alicyclic amines) is 1. The molecule has 0 saturated carbocycles. The summed E-state index contributed by atoms with van der Waals surface area (Å²) in [5.74, 6) is 0.689. The summed E-state index contributed by atoms with van der Waals surface area (Å²) in [6, 6.07) is 11.6. The highest BCUT2D eigenvalue weighted by atomic mass is 15.2. The molecule has 0 bridgehead atoms. The van der Waals surface area contributed by atoms with Crippen molar-refractivity contribution in [2.45, 2.75) is 31.7 Å². The molecule has 17 heavy (non-hydrogen) atoms. The highest BCUT2D eigenvalue weighted by Gasteiger charge is 2.26. The Kier molecular flexibility index (Phi) is 4.57. The topological polar surface area (TPSA) is 15.3 Å². The molecule has 1 N–H and O–H groups in total. The summed E-state index contributed by atoms with van der Waals surface area (Å²) in [6.45, 7) is 5.91. The molecule has 1 aromatic rings. The number of nitrogens with one attached hydrogen (secondary N) is 1. The zero-order chi connectivity index (χ0) is 12.1. The minimum atomic E-state index is 0.639. The van der Waals surface area contributed by atoms with E-state index in [9.17, 15) is 0 Å². The van der Waals surface area contributed by atoms with Crippen molar-refractivity contribution in [1.82, 2.24) is 10.2 Å². The second kappa shape index (κ2) is 6.18. The Morgan fingerprint density at radius 1 is 1.24 bits per heavy atom. The van der Waals surface area contributed by atoms with E-state index in [1.165, 1.54) is 38.0 Å². The SMILES string of the molecule is CCCN1CC(NC)CC(c2ccccc2)C1. The zero-order valence-corrected chi connectivity index (χ0v) is 11.0. The van der Waals surface area contributed by atoms with Crippen LogP contribution >= 0.6 is 0 Å². The lowest BCUT2D eigenvalue weighted by Gasteiger charge is -2.38. The average molecular weight is 232 g/mol. The summed E-state index contributed by atoms with van der Waals surface area (Å²) in [6.07, 6.45) is 2.51. The molecule has 0 aliphatic carbocycles. The Morgan fingerprint density at radius 2 is 2.00 bits per heavy atom. The molecular weight excluding hydrogens is 208 g/mol. The van der Waals surface area contributed by atoms with Gasteiger partial charge < -0.3 is 10.2 Å². The van der Waals surface area contributed by atoms with E-state index < -0.39 is 0 Å². The van der Waals surface area contributed by atoms with Crippen molar-refractivity contribution < 1.29 is 0 Å². The van der Waals surface area contributed by atoms with E-state index in [1.54, 1.807) is 0 Å². The van der Waals surface area contributed by atoms with E-state index in [1.807, 2.05) is 0 Å². The van der Waals surface area contributed by atoms with Crippen molar-refractivity contribution in [3.8, 4) is 0 Å². The lowest BCUT2D eigenvalue weighted by Crippen LogP contribution is -2.47. The first-order valence-electron chi connectivity index (χ1n) is 6.78. The molecule has 2 heteroatoms. The summed E-state index contributed by atoms with van der Waals surface area (Å²) < 4.78 is 0. The van der Waals surface area contributed by atoms with Crippen LogP contribution in [0.4, 0.5) is 0 Å². The van der Waals surface area contributed by atoms with Gasteiger partial charge in [-0.05, 0) is 37.9 Å². The van der Waals surface area contributed by atoms with Gasteiger partial charge in [-0.3, -0.25) is 0 Å². The highest BCUT2D eigenvalue weighted by molar-refractivity contribution is 5.21. The van der Waals surface area contributed by atoms with E-state index in [2.05, 4.69) is 54.5 Å². The van der Waals surface area contributed by atoms with Crippen molar-refractivity contribution in [3.63, 3.8) is 0 Å². The number of nitrogens with zero attached hydrogens (tertiary/aromatic N) is 1. The van der Waals surface area contributed by atoms with Crippen LogP contribution in [-0.2, 0) is 0 Å². The molecule has 1 aliphatic heterocycles. The van der Waals surface area contributed by atoms with Crippen LogP contribution in [0.2, 0.25) is 0 Å². The highest BCUT2D eigenvalue weighted by Crippen LogP contribution is 2.26. The molecule has 2 nitrogen and oxygen atoms in total. The molecule has 1 fully saturated rings. The predicted octanol–water partition coefficient (Wildman–Crippen LogP) is 2.47. The molecule has 0 radical (unpaired) electrons. The molecule has 1 heterocycles. The van der Waals surface area contributed by atoms with Crippen LogP contribution in [0.1, 0.15) is 31.2 Å². The molecule has 1 saturated heterocycles. The van der Waals surface area contributed by atoms with Crippen LogP contribution in [0.25, 0.3) is 0 Å². The van der Waals surface area contributed by atoms with Crippen LogP contribution in [0.3, 0.4) is 0 Å². The van der Waals surface area contributed by atoms with Crippen molar-refractivity contribution in [1.29, 1.82) is 0 Å². The minimum Gasteiger partial charge on any atom is -0.316 e. The van der Waals surface area contributed by atoms with Crippen LogP contribution in [0, 0.1) is 0 Å². The van der Waals surface area contributed by atoms with Gasteiger partial charge in [0.1, 0.15) is 0 Å². The van der Waals surface area contributed by atoms with Crippen LogP contribution < -0.4 is 5.32 Å². The monoisotopic (exact) mass is 232 g/mol. The van der Waals surface area contributed by atoms with Gasteiger partial charge in [-0.15, -0.1) is 0 Å². The standard InChI is InChI=1S/C15H24N2/c1-3-9-17-11-14(10-15(12-17)16-2)13-7-5-4-6-8-13/h4-8,14-16H,3,9-12H2,1-2H3. The van der Waals surface area contributed by atoms with Crippen molar-refractivity contribution in [2.24, 2.45) is 0 Å². The van der Waals surface area contributed by atoms with Gasteiger partial charge in [0.25, 0.3) is 0 Å². The van der Waals surface area contributed by atoms with E-state index in [4.69, 9.17) is 0 Å². The summed E-state index contributed by atoms with van der Waals surface area (Å²) in [7, 11) is 2.09. The van der Waals surface area contributed by atoms with Crippen molar-refractivity contribution in [3.05, 3.63) is 35.9 Å². The Bertz CT molecular complexity index is 323. The average Bonchev–Trinajstić information content (AvgIpc) is 2.40. The fourth-order valence-corrected chi connectivity index (χ4v) is 2.87. The van der Waals surface area contributed by atoms with Gasteiger partial charge in [0.05, 0.1) is 0 Å². The minimum absolute atomic E-state index is 0.639. The maximum absolute atomic E-state index is 3.45. The molecular formula is C15H24N2. The first kappa shape index (κ1) is 12.6. The third-order valence-corrected chi connectivity index (χ3v) is 3.75. The lowest BCUT2D eigenvalue weighted by molar-refractivity contribution is 0.176. The number of benzene rings is 1. The Morgan fingerprint density at radius 3 is 2.65 bits per heavy atom. The van der Waals surface area contributed by atoms with Gasteiger partial charge in [-0.2, -0.15) is 0 Å². The molecule has 2 rings (SSSR count). The second-order valence-electron chi connectivity index (χ2n) is 5.09. The third kappa shape index (κ3) is 3.30. The van der Waals surface area contributed by atoms with Crippen LogP contribution in [0.15, 0.2) is 30.3 Å². The quantitative estimate of drug-likeness (QED) is 0.858. The molecule has 2 atom stereocenters. The van der Waals surface area contributed by atoms with Gasteiger partial charge >= 0.3 is 0 Å². The maximum Gasteiger partial charge on any atom is 0.0198 e. The normalized spacial score (nSPS) is 26.0. The maximum atomic E-state index is 3.45. The molecule has 1 aliphatic rings. The lowest BCUT2D eigenvalue weighted by atomic mass is 9.88. The van der Waals surface area contributed by atoms with E-state index in [0.717, 1.165) is 0 Å². The number of rotatable bonds is 4. The Hall–Kier alpha value is -0.860. The first-order chi connectivity index (χ1) is 8.33. The second-order valence-corrected chi connectivity index (χ2v) is 5.09. The van der Waals surface area contributed by atoms with E-state index >= 15 is 0 Å². The van der Waals surface area contributed by atoms with Gasteiger partial charge in [0, 0.05) is 19.1 Å². The largest absolute Gasteiger partial charge is 0.316 e. The smallest absolute Gasteiger partial charge is 0.0198 e. The summed E-state index contributed by atoms with van der Waals surface area (Å²) in [4.78, 5) is 2.60. The zero-order valence-electron chi connectivity index (χ0n) is 11.0. The summed E-state index contributed by atoms with van der Waals surface area (Å²) in [5.41, 5.74) is 1.49. The van der Waals surface area contributed by atoms with Crippen LogP contribution in [-0.4, -0.2) is 37.6 Å². The van der Waals surface area contributed by atoms with Gasteiger partial charge in [0.2, 0.25) is 0 Å². The fourth-order valence-electron chi connectivity index (χ4n) is 2.87. The molecule has 0 amide bonds. The molecule has 1 aromatic carbocycles. The number of hydrogen-bond acceptors (Lipinski definition) is 2. The molecule has 0 aromatic heterocycles. The number of likely N-dealkylation sites (N-methyl/N-ethyl adjacent to an activating group) is 1. The first-order valence-corrected chi connectivity index (χ1v) is 6.78. The molecule has 94 valence electrons. The van der Waals surface area contributed by atoms with Gasteiger partial charge in [-0.1, -0.05) is 37.3 Å². The molecule has 0 spiro atoms. The molecule has 2 unspecified atom stereocenters. The van der Waals surface area contributed by atoms with Crippen molar-refractivity contribution >= 4 is 0 Å². The van der Waals surface area contributed by atoms with Gasteiger partial charge in [0.15, 0.2) is 0 Å². The Balaban J connectivity index is 2.06. The van der Waals surface area contributed by atoms with Crippen LogP contribution in [0.5, 0.6) is 0 Å². The van der Waals surface area contributed by atoms with Gasteiger partial charge in [-0.25, -0.2) is 0 Å². The fraction of sp³-hybridized carbons (Fsp3) is 0.600. The third-order valence-electron chi connectivity index (χ3n) is 3.75. The number of piperidine rings is 1. The summed E-state index contributed by atoms with van der Waals surface area (Å²) >= 11 is 0. The predicted molar refractivity (Wildman–Crippen MR) is 73.4 cm³/mol. The Labute approximate surface area is 105 Å². The van der Waals surface area contributed by atoms with E-state index in [0.29, 0.717) is 12.0 Å². The van der Waals surface area contributed by atoms with E-state index in [-0.39, 0.29) is 0 Å². The number of hydrogen-bond donors (Lipinski definition) is 1.